The van der Waals surface area contributed by atoms with Gasteiger partial charge in [0.2, 0.25) is 0 Å². The van der Waals surface area contributed by atoms with Crippen LogP contribution >= 0.6 is 0 Å². The smallest absolute Gasteiger partial charge is 0.0596 e. The third-order valence-corrected chi connectivity index (χ3v) is 2.68. The summed E-state index contributed by atoms with van der Waals surface area (Å²) in [5.41, 5.74) is 5.76. The Balaban J connectivity index is 3.67. The molecule has 1 unspecified atom stereocenters. The standard InChI is InChI=1S/C12H28N2O/c1-5-6-7-12(10-13)14(4)8-9-15-11(2)3/h11-12H,5-10,13H2,1-4H3. The number of hydrogen-bond acceptors (Lipinski definition) is 3. The number of ether oxygens (including phenoxy) is 1. The van der Waals surface area contributed by atoms with Crippen molar-refractivity contribution in [1.82, 2.24) is 4.90 Å². The highest BCUT2D eigenvalue weighted by atomic mass is 16.5. The molecule has 15 heavy (non-hydrogen) atoms. The van der Waals surface area contributed by atoms with Crippen molar-refractivity contribution in [2.24, 2.45) is 5.73 Å². The van der Waals surface area contributed by atoms with Gasteiger partial charge >= 0.3 is 0 Å². The van der Waals surface area contributed by atoms with Crippen molar-refractivity contribution in [3.8, 4) is 0 Å². The zero-order valence-corrected chi connectivity index (χ0v) is 10.8. The van der Waals surface area contributed by atoms with E-state index in [1.54, 1.807) is 0 Å². The largest absolute Gasteiger partial charge is 0.377 e. The summed E-state index contributed by atoms with van der Waals surface area (Å²) in [4.78, 5) is 2.32. The molecule has 0 saturated carbocycles. The Morgan fingerprint density at radius 2 is 2.00 bits per heavy atom. The molecule has 0 heterocycles. The minimum atomic E-state index is 0.324. The van der Waals surface area contributed by atoms with Crippen LogP contribution in [0.4, 0.5) is 0 Å². The highest BCUT2D eigenvalue weighted by Gasteiger charge is 2.11. The molecule has 0 aromatic heterocycles. The molecule has 0 aromatic rings. The molecule has 0 amide bonds. The fraction of sp³-hybridized carbons (Fsp3) is 1.00. The third kappa shape index (κ3) is 7.77. The SMILES string of the molecule is CCCCC(CN)N(C)CCOC(C)C. The molecule has 0 aliphatic rings. The summed E-state index contributed by atoms with van der Waals surface area (Å²) in [5.74, 6) is 0. The van der Waals surface area contributed by atoms with Gasteiger partial charge in [-0.25, -0.2) is 0 Å². The maximum atomic E-state index is 5.76. The first-order valence-corrected chi connectivity index (χ1v) is 6.13. The second-order valence-corrected chi connectivity index (χ2v) is 4.43. The van der Waals surface area contributed by atoms with E-state index in [1.165, 1.54) is 19.3 Å². The van der Waals surface area contributed by atoms with E-state index in [2.05, 4.69) is 32.7 Å². The second-order valence-electron chi connectivity index (χ2n) is 4.43. The van der Waals surface area contributed by atoms with Crippen LogP contribution in [-0.4, -0.2) is 43.8 Å². The van der Waals surface area contributed by atoms with Gasteiger partial charge in [0.15, 0.2) is 0 Å². The van der Waals surface area contributed by atoms with E-state index in [0.717, 1.165) is 19.7 Å². The van der Waals surface area contributed by atoms with Crippen molar-refractivity contribution in [3.05, 3.63) is 0 Å². The number of rotatable bonds is 9. The lowest BCUT2D eigenvalue weighted by Crippen LogP contribution is -2.39. The van der Waals surface area contributed by atoms with Gasteiger partial charge in [0, 0.05) is 19.1 Å². The Labute approximate surface area is 95.0 Å². The van der Waals surface area contributed by atoms with Crippen molar-refractivity contribution < 1.29 is 4.74 Å². The fourth-order valence-corrected chi connectivity index (χ4v) is 1.57. The summed E-state index contributed by atoms with van der Waals surface area (Å²) < 4.78 is 5.53. The highest BCUT2D eigenvalue weighted by Crippen LogP contribution is 2.05. The highest BCUT2D eigenvalue weighted by molar-refractivity contribution is 4.69. The molecular formula is C12H28N2O. The van der Waals surface area contributed by atoms with Crippen molar-refractivity contribution in [2.75, 3.05) is 26.7 Å². The van der Waals surface area contributed by atoms with Crippen LogP contribution < -0.4 is 5.73 Å². The van der Waals surface area contributed by atoms with Gasteiger partial charge in [-0.3, -0.25) is 4.90 Å². The Morgan fingerprint density at radius 3 is 2.47 bits per heavy atom. The van der Waals surface area contributed by atoms with Crippen LogP contribution in [0.5, 0.6) is 0 Å². The van der Waals surface area contributed by atoms with Crippen LogP contribution in [0.15, 0.2) is 0 Å². The summed E-state index contributed by atoms with van der Waals surface area (Å²) in [5, 5.41) is 0. The van der Waals surface area contributed by atoms with Gasteiger partial charge in [-0.1, -0.05) is 19.8 Å². The molecule has 0 radical (unpaired) electrons. The van der Waals surface area contributed by atoms with E-state index in [-0.39, 0.29) is 0 Å². The topological polar surface area (TPSA) is 38.5 Å². The zero-order chi connectivity index (χ0) is 11.7. The van der Waals surface area contributed by atoms with Gasteiger partial charge in [0.05, 0.1) is 12.7 Å². The molecule has 0 aromatic carbocycles. The lowest BCUT2D eigenvalue weighted by molar-refractivity contribution is 0.0555. The number of unbranched alkanes of at least 4 members (excludes halogenated alkanes) is 1. The molecule has 0 saturated heterocycles. The average Bonchev–Trinajstić information content (AvgIpc) is 2.18. The molecule has 3 heteroatoms. The minimum Gasteiger partial charge on any atom is -0.377 e. The van der Waals surface area contributed by atoms with E-state index < -0.39 is 0 Å². The number of nitrogens with zero attached hydrogens (tertiary/aromatic N) is 1. The van der Waals surface area contributed by atoms with E-state index in [1.807, 2.05) is 0 Å². The minimum absolute atomic E-state index is 0.324. The Morgan fingerprint density at radius 1 is 1.33 bits per heavy atom. The Bertz CT molecular complexity index is 140. The number of nitrogens with two attached hydrogens (primary N) is 1. The monoisotopic (exact) mass is 216 g/mol. The maximum Gasteiger partial charge on any atom is 0.0596 e. The lowest BCUT2D eigenvalue weighted by Gasteiger charge is -2.27. The summed E-state index contributed by atoms with van der Waals surface area (Å²) >= 11 is 0. The molecule has 92 valence electrons. The first kappa shape index (κ1) is 14.9. The summed E-state index contributed by atoms with van der Waals surface area (Å²) in [6.45, 7) is 8.88. The molecule has 3 nitrogen and oxygen atoms in total. The van der Waals surface area contributed by atoms with Crippen LogP contribution in [-0.2, 0) is 4.74 Å². The number of likely N-dealkylation sites (N-methyl/N-ethyl adjacent to an activating group) is 1. The van der Waals surface area contributed by atoms with Gasteiger partial charge in [-0.2, -0.15) is 0 Å². The third-order valence-electron chi connectivity index (χ3n) is 2.68. The predicted molar refractivity (Wildman–Crippen MR) is 66.1 cm³/mol. The van der Waals surface area contributed by atoms with Gasteiger partial charge < -0.3 is 10.5 Å². The van der Waals surface area contributed by atoms with Gasteiger partial charge in [-0.05, 0) is 27.3 Å². The maximum absolute atomic E-state index is 5.76. The van der Waals surface area contributed by atoms with Gasteiger partial charge in [0.25, 0.3) is 0 Å². The molecule has 0 fully saturated rings. The van der Waals surface area contributed by atoms with Crippen molar-refractivity contribution >= 4 is 0 Å². The molecular weight excluding hydrogens is 188 g/mol. The molecule has 2 N–H and O–H groups in total. The lowest BCUT2D eigenvalue weighted by atomic mass is 10.1. The van der Waals surface area contributed by atoms with Gasteiger partial charge in [0.1, 0.15) is 0 Å². The first-order chi connectivity index (χ1) is 7.11. The molecule has 0 aliphatic heterocycles. The number of hydrogen-bond donors (Lipinski definition) is 1. The summed E-state index contributed by atoms with van der Waals surface area (Å²) in [6, 6.07) is 0.515. The normalized spacial score (nSPS) is 13.8. The molecule has 1 atom stereocenters. The van der Waals surface area contributed by atoms with E-state index in [0.29, 0.717) is 12.1 Å². The van der Waals surface area contributed by atoms with Crippen LogP contribution in [0.2, 0.25) is 0 Å². The summed E-state index contributed by atoms with van der Waals surface area (Å²) in [7, 11) is 2.14. The van der Waals surface area contributed by atoms with Crippen LogP contribution in [0, 0.1) is 0 Å². The average molecular weight is 216 g/mol. The molecule has 0 rings (SSSR count). The van der Waals surface area contributed by atoms with Crippen molar-refractivity contribution in [3.63, 3.8) is 0 Å². The van der Waals surface area contributed by atoms with Gasteiger partial charge in [-0.15, -0.1) is 0 Å². The van der Waals surface area contributed by atoms with E-state index >= 15 is 0 Å². The second kappa shape index (κ2) is 9.13. The first-order valence-electron chi connectivity index (χ1n) is 6.13. The fourth-order valence-electron chi connectivity index (χ4n) is 1.57. The van der Waals surface area contributed by atoms with Crippen molar-refractivity contribution in [1.29, 1.82) is 0 Å². The van der Waals surface area contributed by atoms with E-state index in [4.69, 9.17) is 10.5 Å². The van der Waals surface area contributed by atoms with Crippen LogP contribution in [0.3, 0.4) is 0 Å². The summed E-state index contributed by atoms with van der Waals surface area (Å²) in [6.07, 6.45) is 4.03. The zero-order valence-electron chi connectivity index (χ0n) is 10.8. The quantitative estimate of drug-likeness (QED) is 0.639. The van der Waals surface area contributed by atoms with Crippen LogP contribution in [0.25, 0.3) is 0 Å². The predicted octanol–water partition coefficient (Wildman–Crippen LogP) is 1.86. The molecule has 0 bridgehead atoms. The Hall–Kier alpha value is -0.120. The van der Waals surface area contributed by atoms with Crippen molar-refractivity contribution in [2.45, 2.75) is 52.2 Å². The molecule has 0 aliphatic carbocycles. The van der Waals surface area contributed by atoms with Crippen LogP contribution in [0.1, 0.15) is 40.0 Å². The Kier molecular flexibility index (Phi) is 9.06. The van der Waals surface area contributed by atoms with E-state index in [9.17, 15) is 0 Å². The molecule has 0 spiro atoms.